The van der Waals surface area contributed by atoms with Crippen LogP contribution in [0.1, 0.15) is 245 Å². The lowest BCUT2D eigenvalue weighted by molar-refractivity contribution is -0.143. The monoisotopic (exact) mass is 762 g/mol. The van der Waals surface area contributed by atoms with E-state index in [1.165, 1.54) is 141 Å². The third kappa shape index (κ3) is 40.0. The van der Waals surface area contributed by atoms with Crippen LogP contribution in [-0.2, 0) is 14.3 Å². The fraction of sp³-hybridized carbons (Fsp3) is 0.875. The molecule has 0 aliphatic heterocycles. The van der Waals surface area contributed by atoms with Gasteiger partial charge < -0.3 is 20.3 Å². The Morgan fingerprint density at radius 3 is 1.31 bits per heavy atom. The van der Waals surface area contributed by atoms with Crippen LogP contribution in [0.5, 0.6) is 0 Å². The SMILES string of the molecule is CCCCCCCCCCC/C=C/C(O)C(CO)NC(=O)CCCCCC/C=C\CCCCOC(=O)CCCCCCCCCCCCCCCCCC. The third-order valence-electron chi connectivity index (χ3n) is 10.7. The normalized spacial score (nSPS) is 12.9. The van der Waals surface area contributed by atoms with Gasteiger partial charge in [-0.25, -0.2) is 0 Å². The molecule has 0 spiro atoms. The lowest BCUT2D eigenvalue weighted by Crippen LogP contribution is -2.45. The molecule has 2 unspecified atom stereocenters. The Labute approximate surface area is 335 Å². The van der Waals surface area contributed by atoms with Crippen LogP contribution in [0.3, 0.4) is 0 Å². The van der Waals surface area contributed by atoms with Crippen LogP contribution in [0.2, 0.25) is 0 Å². The summed E-state index contributed by atoms with van der Waals surface area (Å²) >= 11 is 0. The highest BCUT2D eigenvalue weighted by Crippen LogP contribution is 2.15. The van der Waals surface area contributed by atoms with Gasteiger partial charge in [0.1, 0.15) is 0 Å². The molecule has 0 aromatic rings. The van der Waals surface area contributed by atoms with Gasteiger partial charge in [0.25, 0.3) is 0 Å². The van der Waals surface area contributed by atoms with Gasteiger partial charge in [0.2, 0.25) is 5.91 Å². The molecule has 318 valence electrons. The maximum atomic E-state index is 12.4. The molecule has 1 amide bonds. The lowest BCUT2D eigenvalue weighted by atomic mass is 10.0. The molecule has 54 heavy (non-hydrogen) atoms. The van der Waals surface area contributed by atoms with E-state index in [0.29, 0.717) is 19.4 Å². The average Bonchev–Trinajstić information content (AvgIpc) is 3.17. The molecule has 2 atom stereocenters. The minimum atomic E-state index is -0.863. The summed E-state index contributed by atoms with van der Waals surface area (Å²) in [4.78, 5) is 24.4. The van der Waals surface area contributed by atoms with E-state index in [2.05, 4.69) is 31.3 Å². The van der Waals surface area contributed by atoms with Crippen molar-refractivity contribution < 1.29 is 24.5 Å². The molecule has 0 saturated carbocycles. The summed E-state index contributed by atoms with van der Waals surface area (Å²) in [7, 11) is 0. The van der Waals surface area contributed by atoms with Crippen molar-refractivity contribution in [1.82, 2.24) is 5.32 Å². The van der Waals surface area contributed by atoms with Gasteiger partial charge >= 0.3 is 5.97 Å². The average molecular weight is 762 g/mol. The topological polar surface area (TPSA) is 95.9 Å². The first-order chi connectivity index (χ1) is 26.5. The van der Waals surface area contributed by atoms with Crippen molar-refractivity contribution >= 4 is 11.9 Å². The van der Waals surface area contributed by atoms with E-state index in [4.69, 9.17) is 4.74 Å². The molecule has 6 nitrogen and oxygen atoms in total. The molecule has 0 saturated heterocycles. The minimum Gasteiger partial charge on any atom is -0.466 e. The fourth-order valence-corrected chi connectivity index (χ4v) is 7.04. The number of rotatable bonds is 43. The molecule has 0 aliphatic carbocycles. The molecule has 0 aliphatic rings. The maximum Gasteiger partial charge on any atom is 0.305 e. The Kier molecular flexibility index (Phi) is 42.7. The zero-order chi connectivity index (χ0) is 39.4. The summed E-state index contributed by atoms with van der Waals surface area (Å²) < 4.78 is 5.43. The number of aliphatic hydroxyl groups is 2. The van der Waals surface area contributed by atoms with Crippen LogP contribution in [0.4, 0.5) is 0 Å². The molecule has 6 heteroatoms. The van der Waals surface area contributed by atoms with Gasteiger partial charge in [-0.15, -0.1) is 0 Å². The molecule has 3 N–H and O–H groups in total. The zero-order valence-corrected chi connectivity index (χ0v) is 36.0. The van der Waals surface area contributed by atoms with Crippen molar-refractivity contribution in [2.24, 2.45) is 0 Å². The molecule has 0 bridgehead atoms. The van der Waals surface area contributed by atoms with E-state index < -0.39 is 12.1 Å². The highest BCUT2D eigenvalue weighted by atomic mass is 16.5. The standard InChI is InChI=1S/C48H91NO5/c1-3-5-7-9-11-13-15-16-17-18-19-21-26-30-34-38-42-48(53)54-43-39-35-31-27-23-22-25-29-33-37-41-47(52)49-45(44-50)46(51)40-36-32-28-24-20-14-12-10-8-6-4-2/h23,27,36,40,45-46,50-51H,3-22,24-26,28-35,37-39,41-44H2,1-2H3,(H,49,52)/b27-23-,40-36+. The maximum absolute atomic E-state index is 12.4. The van der Waals surface area contributed by atoms with Crippen molar-refractivity contribution in [3.63, 3.8) is 0 Å². The van der Waals surface area contributed by atoms with Crippen LogP contribution in [-0.4, -0.2) is 47.4 Å². The van der Waals surface area contributed by atoms with Gasteiger partial charge in [0.05, 0.1) is 25.4 Å². The summed E-state index contributed by atoms with van der Waals surface area (Å²) in [6.07, 6.45) is 50.3. The van der Waals surface area contributed by atoms with E-state index in [9.17, 15) is 19.8 Å². The van der Waals surface area contributed by atoms with E-state index in [-0.39, 0.29) is 18.5 Å². The number of hydrogen-bond acceptors (Lipinski definition) is 5. The lowest BCUT2D eigenvalue weighted by Gasteiger charge is -2.20. The molecule has 0 heterocycles. The van der Waals surface area contributed by atoms with Crippen molar-refractivity contribution in [3.8, 4) is 0 Å². The number of carbonyl (C=O) groups excluding carboxylic acids is 2. The second kappa shape index (κ2) is 44.1. The predicted molar refractivity (Wildman–Crippen MR) is 232 cm³/mol. The molecule has 0 radical (unpaired) electrons. The highest BCUT2D eigenvalue weighted by molar-refractivity contribution is 5.76. The van der Waals surface area contributed by atoms with Crippen LogP contribution in [0.25, 0.3) is 0 Å². The van der Waals surface area contributed by atoms with Gasteiger partial charge in [-0.1, -0.05) is 199 Å². The number of allylic oxidation sites excluding steroid dienone is 3. The highest BCUT2D eigenvalue weighted by Gasteiger charge is 2.18. The van der Waals surface area contributed by atoms with Crippen molar-refractivity contribution in [3.05, 3.63) is 24.3 Å². The number of esters is 1. The Morgan fingerprint density at radius 2 is 0.870 bits per heavy atom. The van der Waals surface area contributed by atoms with Crippen molar-refractivity contribution in [1.29, 1.82) is 0 Å². The third-order valence-corrected chi connectivity index (χ3v) is 10.7. The largest absolute Gasteiger partial charge is 0.466 e. The number of ether oxygens (including phenoxy) is 1. The van der Waals surface area contributed by atoms with Crippen LogP contribution >= 0.6 is 0 Å². The summed E-state index contributed by atoms with van der Waals surface area (Å²) in [5.41, 5.74) is 0. The quantitative estimate of drug-likeness (QED) is 0.0327. The smallest absolute Gasteiger partial charge is 0.305 e. The van der Waals surface area contributed by atoms with Crippen LogP contribution < -0.4 is 5.32 Å². The number of amides is 1. The van der Waals surface area contributed by atoms with Gasteiger partial charge in [0.15, 0.2) is 0 Å². The predicted octanol–water partition coefficient (Wildman–Crippen LogP) is 13.6. The molecule has 0 aromatic carbocycles. The first-order valence-electron chi connectivity index (χ1n) is 23.6. The first-order valence-corrected chi connectivity index (χ1v) is 23.6. The number of nitrogens with one attached hydrogen (secondary N) is 1. The summed E-state index contributed by atoms with van der Waals surface area (Å²) in [5, 5.41) is 22.9. The van der Waals surface area contributed by atoms with Crippen molar-refractivity contribution in [2.75, 3.05) is 13.2 Å². The van der Waals surface area contributed by atoms with Gasteiger partial charge in [0, 0.05) is 12.8 Å². The Balaban J connectivity index is 3.54. The Bertz CT molecular complexity index is 843. The van der Waals surface area contributed by atoms with Gasteiger partial charge in [-0.05, 0) is 57.8 Å². The van der Waals surface area contributed by atoms with Gasteiger partial charge in [-0.3, -0.25) is 9.59 Å². The number of hydrogen-bond donors (Lipinski definition) is 3. The molecule has 0 rings (SSSR count). The second-order valence-corrected chi connectivity index (χ2v) is 16.1. The Hall–Kier alpha value is -1.66. The minimum absolute atomic E-state index is 0.0360. The molecule has 0 fully saturated rings. The fourth-order valence-electron chi connectivity index (χ4n) is 7.04. The number of aliphatic hydroxyl groups excluding tert-OH is 2. The van der Waals surface area contributed by atoms with E-state index >= 15 is 0 Å². The molecule has 0 aromatic heterocycles. The van der Waals surface area contributed by atoms with Gasteiger partial charge in [-0.2, -0.15) is 0 Å². The molecular weight excluding hydrogens is 671 g/mol. The van der Waals surface area contributed by atoms with E-state index in [1.807, 2.05) is 6.08 Å². The Morgan fingerprint density at radius 1 is 0.500 bits per heavy atom. The first kappa shape index (κ1) is 52.3. The summed E-state index contributed by atoms with van der Waals surface area (Å²) in [6.45, 7) is 4.79. The summed E-state index contributed by atoms with van der Waals surface area (Å²) in [5.74, 6) is -0.141. The van der Waals surface area contributed by atoms with Crippen molar-refractivity contribution in [2.45, 2.75) is 257 Å². The second-order valence-electron chi connectivity index (χ2n) is 16.1. The zero-order valence-electron chi connectivity index (χ0n) is 36.0. The van der Waals surface area contributed by atoms with E-state index in [0.717, 1.165) is 77.0 Å². The van der Waals surface area contributed by atoms with E-state index in [1.54, 1.807) is 6.08 Å². The van der Waals surface area contributed by atoms with Crippen LogP contribution in [0, 0.1) is 0 Å². The molecular formula is C48H91NO5. The number of carbonyl (C=O) groups is 2. The number of unbranched alkanes of at least 4 members (excludes halogenated alkanes) is 30. The van der Waals surface area contributed by atoms with Crippen LogP contribution in [0.15, 0.2) is 24.3 Å². The summed E-state index contributed by atoms with van der Waals surface area (Å²) in [6, 6.07) is -0.650.